The van der Waals surface area contributed by atoms with Crippen molar-refractivity contribution in [1.82, 2.24) is 5.32 Å². The van der Waals surface area contributed by atoms with Crippen LogP contribution in [0.4, 0.5) is 0 Å². The van der Waals surface area contributed by atoms with Gasteiger partial charge in [-0.3, -0.25) is 0 Å². The van der Waals surface area contributed by atoms with E-state index in [4.69, 9.17) is 9.15 Å². The summed E-state index contributed by atoms with van der Waals surface area (Å²) < 4.78 is 11.3. The zero-order valence-corrected chi connectivity index (χ0v) is 11.8. The van der Waals surface area contributed by atoms with Crippen molar-refractivity contribution in [1.29, 1.82) is 0 Å². The minimum Gasteiger partial charge on any atom is -0.466 e. The van der Waals surface area contributed by atoms with Crippen LogP contribution in [0.5, 0.6) is 0 Å². The molecule has 2 unspecified atom stereocenters. The van der Waals surface area contributed by atoms with Crippen molar-refractivity contribution in [3.63, 3.8) is 0 Å². The third-order valence-electron chi connectivity index (χ3n) is 3.74. The normalized spacial score (nSPS) is 22.1. The summed E-state index contributed by atoms with van der Waals surface area (Å²) in [5, 5.41) is 3.56. The van der Waals surface area contributed by atoms with E-state index in [-0.39, 0.29) is 0 Å². The number of hydrogen-bond acceptors (Lipinski definition) is 3. The number of ether oxygens (including phenoxy) is 1. The molecule has 0 saturated carbocycles. The number of furan rings is 1. The predicted octanol–water partition coefficient (Wildman–Crippen LogP) is 3.51. The fourth-order valence-corrected chi connectivity index (χ4v) is 2.69. The lowest BCUT2D eigenvalue weighted by atomic mass is 10.1. The monoisotopic (exact) mass is 251 g/mol. The van der Waals surface area contributed by atoms with Crippen LogP contribution in [0.3, 0.4) is 0 Å². The molecule has 0 aliphatic carbocycles. The van der Waals surface area contributed by atoms with Gasteiger partial charge in [-0.25, -0.2) is 0 Å². The molecule has 2 heterocycles. The molecule has 1 aromatic heterocycles. The molecule has 0 radical (unpaired) electrons. The van der Waals surface area contributed by atoms with Crippen molar-refractivity contribution >= 4 is 0 Å². The maximum atomic E-state index is 5.73. The average molecular weight is 251 g/mol. The lowest BCUT2D eigenvalue weighted by Gasteiger charge is -2.23. The molecule has 18 heavy (non-hydrogen) atoms. The second-order valence-corrected chi connectivity index (χ2v) is 5.32. The number of rotatable bonds is 5. The molecule has 0 bridgehead atoms. The molecule has 1 aromatic rings. The molecule has 0 spiro atoms. The lowest BCUT2D eigenvalue weighted by molar-refractivity contribution is 0.0112. The first kappa shape index (κ1) is 13.6. The minimum absolute atomic E-state index is 0.353. The summed E-state index contributed by atoms with van der Waals surface area (Å²) in [6, 6.07) is 2.48. The Morgan fingerprint density at radius 2 is 2.22 bits per heavy atom. The van der Waals surface area contributed by atoms with Gasteiger partial charge in [-0.15, -0.1) is 0 Å². The van der Waals surface area contributed by atoms with E-state index in [0.29, 0.717) is 12.1 Å². The molecule has 1 aliphatic heterocycles. The van der Waals surface area contributed by atoms with Crippen LogP contribution in [0, 0.1) is 13.8 Å². The highest BCUT2D eigenvalue weighted by atomic mass is 16.5. The Morgan fingerprint density at radius 1 is 1.39 bits per heavy atom. The van der Waals surface area contributed by atoms with Crippen molar-refractivity contribution < 1.29 is 9.15 Å². The average Bonchev–Trinajstić information content (AvgIpc) is 2.70. The van der Waals surface area contributed by atoms with Gasteiger partial charge in [-0.2, -0.15) is 0 Å². The first-order valence-electron chi connectivity index (χ1n) is 7.08. The number of hydrogen-bond donors (Lipinski definition) is 1. The highest BCUT2D eigenvalue weighted by molar-refractivity contribution is 5.23. The van der Waals surface area contributed by atoms with Gasteiger partial charge < -0.3 is 14.5 Å². The summed E-state index contributed by atoms with van der Waals surface area (Å²) in [6.45, 7) is 8.18. The SMILES string of the molecule is Cc1cc(C(C)NCCC2CCCCO2)c(C)o1. The quantitative estimate of drug-likeness (QED) is 0.869. The molecule has 0 amide bonds. The molecule has 0 aromatic carbocycles. The van der Waals surface area contributed by atoms with Crippen LogP contribution in [-0.2, 0) is 4.74 Å². The first-order valence-corrected chi connectivity index (χ1v) is 7.08. The largest absolute Gasteiger partial charge is 0.466 e. The van der Waals surface area contributed by atoms with E-state index in [1.807, 2.05) is 13.8 Å². The Kier molecular flexibility index (Phi) is 4.84. The smallest absolute Gasteiger partial charge is 0.105 e. The fourth-order valence-electron chi connectivity index (χ4n) is 2.69. The Morgan fingerprint density at radius 3 is 2.83 bits per heavy atom. The summed E-state index contributed by atoms with van der Waals surface area (Å²) in [4.78, 5) is 0. The summed E-state index contributed by atoms with van der Waals surface area (Å²) in [5.74, 6) is 2.02. The predicted molar refractivity (Wildman–Crippen MR) is 72.8 cm³/mol. The standard InChI is InChI=1S/C15H25NO2/c1-11-10-15(13(3)18-11)12(2)16-8-7-14-6-4-5-9-17-14/h10,12,14,16H,4-9H2,1-3H3. The van der Waals surface area contributed by atoms with Crippen LogP contribution in [-0.4, -0.2) is 19.3 Å². The molecular formula is C15H25NO2. The Bertz CT molecular complexity index is 367. The molecular weight excluding hydrogens is 226 g/mol. The van der Waals surface area contributed by atoms with Gasteiger partial charge in [-0.05, 0) is 59.1 Å². The van der Waals surface area contributed by atoms with Crippen molar-refractivity contribution in [2.45, 2.75) is 58.6 Å². The summed E-state index contributed by atoms with van der Waals surface area (Å²) in [7, 11) is 0. The molecule has 3 heteroatoms. The molecule has 2 atom stereocenters. The molecule has 1 fully saturated rings. The Labute approximate surface area is 110 Å². The minimum atomic E-state index is 0.353. The second kappa shape index (κ2) is 6.39. The highest BCUT2D eigenvalue weighted by Crippen LogP contribution is 2.21. The molecule has 1 N–H and O–H groups in total. The number of nitrogens with one attached hydrogen (secondary N) is 1. The van der Waals surface area contributed by atoms with Gasteiger partial charge in [0.1, 0.15) is 11.5 Å². The Balaban J connectivity index is 1.74. The van der Waals surface area contributed by atoms with E-state index in [2.05, 4.69) is 18.3 Å². The molecule has 2 rings (SSSR count). The van der Waals surface area contributed by atoms with Crippen LogP contribution in [0.25, 0.3) is 0 Å². The van der Waals surface area contributed by atoms with Crippen molar-refractivity contribution in [3.05, 3.63) is 23.2 Å². The van der Waals surface area contributed by atoms with Gasteiger partial charge in [0, 0.05) is 18.2 Å². The zero-order chi connectivity index (χ0) is 13.0. The lowest BCUT2D eigenvalue weighted by Crippen LogP contribution is -2.27. The number of aryl methyl sites for hydroxylation is 2. The van der Waals surface area contributed by atoms with Gasteiger partial charge in [-0.1, -0.05) is 0 Å². The van der Waals surface area contributed by atoms with Crippen molar-refractivity contribution in [2.24, 2.45) is 0 Å². The zero-order valence-electron chi connectivity index (χ0n) is 11.8. The summed E-state index contributed by atoms with van der Waals surface area (Å²) in [5.41, 5.74) is 1.28. The van der Waals surface area contributed by atoms with Crippen LogP contribution >= 0.6 is 0 Å². The van der Waals surface area contributed by atoms with Gasteiger partial charge >= 0.3 is 0 Å². The van der Waals surface area contributed by atoms with Gasteiger partial charge in [0.2, 0.25) is 0 Å². The van der Waals surface area contributed by atoms with Crippen LogP contribution in [0.15, 0.2) is 10.5 Å². The third kappa shape index (κ3) is 3.59. The first-order chi connectivity index (χ1) is 8.66. The maximum Gasteiger partial charge on any atom is 0.105 e. The maximum absolute atomic E-state index is 5.73. The van der Waals surface area contributed by atoms with E-state index < -0.39 is 0 Å². The fraction of sp³-hybridized carbons (Fsp3) is 0.733. The van der Waals surface area contributed by atoms with E-state index in [9.17, 15) is 0 Å². The molecule has 102 valence electrons. The van der Waals surface area contributed by atoms with Crippen molar-refractivity contribution in [2.75, 3.05) is 13.2 Å². The van der Waals surface area contributed by atoms with Crippen LogP contribution in [0.1, 0.15) is 55.7 Å². The van der Waals surface area contributed by atoms with E-state index in [0.717, 1.165) is 31.1 Å². The molecule has 3 nitrogen and oxygen atoms in total. The summed E-state index contributed by atoms with van der Waals surface area (Å²) in [6.07, 6.45) is 5.35. The van der Waals surface area contributed by atoms with Crippen LogP contribution in [0.2, 0.25) is 0 Å². The second-order valence-electron chi connectivity index (χ2n) is 5.32. The summed E-state index contributed by atoms with van der Waals surface area (Å²) >= 11 is 0. The Hall–Kier alpha value is -0.800. The van der Waals surface area contributed by atoms with E-state index in [1.54, 1.807) is 0 Å². The molecule has 1 saturated heterocycles. The van der Waals surface area contributed by atoms with Gasteiger partial charge in [0.15, 0.2) is 0 Å². The highest BCUT2D eigenvalue weighted by Gasteiger charge is 2.15. The van der Waals surface area contributed by atoms with E-state index >= 15 is 0 Å². The van der Waals surface area contributed by atoms with Crippen molar-refractivity contribution in [3.8, 4) is 0 Å². The van der Waals surface area contributed by atoms with Crippen LogP contribution < -0.4 is 5.32 Å². The topological polar surface area (TPSA) is 34.4 Å². The van der Waals surface area contributed by atoms with Gasteiger partial charge in [0.05, 0.1) is 6.10 Å². The van der Waals surface area contributed by atoms with Gasteiger partial charge in [0.25, 0.3) is 0 Å². The third-order valence-corrected chi connectivity index (χ3v) is 3.74. The van der Waals surface area contributed by atoms with E-state index in [1.165, 1.54) is 24.8 Å². The molecule has 1 aliphatic rings.